The van der Waals surface area contributed by atoms with Crippen molar-refractivity contribution in [2.45, 2.75) is 19.8 Å². The number of hydrogen-bond donors (Lipinski definition) is 0. The average Bonchev–Trinajstić information content (AvgIpc) is 2.35. The minimum Gasteiger partial charge on any atom is -0.493 e. The predicted molar refractivity (Wildman–Crippen MR) is 67.6 cm³/mol. The molecule has 0 aromatic heterocycles. The Morgan fingerprint density at radius 2 is 1.94 bits per heavy atom. The zero-order valence-corrected chi connectivity index (χ0v) is 10.7. The van der Waals surface area contributed by atoms with E-state index in [1.807, 2.05) is 24.3 Å². The highest BCUT2D eigenvalue weighted by Crippen LogP contribution is 2.26. The standard InChI is InChI=1S/C13H19ClO2/c1-3-11(10-14)8-9-16-13-7-5-4-6-12(13)15-2/h4-7,11H,3,8-10H2,1-2H3. The van der Waals surface area contributed by atoms with E-state index in [0.717, 1.165) is 24.3 Å². The predicted octanol–water partition coefficient (Wildman–Crippen LogP) is 3.73. The maximum absolute atomic E-state index is 5.83. The summed E-state index contributed by atoms with van der Waals surface area (Å²) in [7, 11) is 1.65. The first-order valence-electron chi connectivity index (χ1n) is 5.63. The van der Waals surface area contributed by atoms with E-state index in [9.17, 15) is 0 Å². The zero-order valence-electron chi connectivity index (χ0n) is 9.91. The third-order valence-corrected chi connectivity index (χ3v) is 3.08. The van der Waals surface area contributed by atoms with Crippen LogP contribution in [0.2, 0.25) is 0 Å². The molecule has 1 rings (SSSR count). The van der Waals surface area contributed by atoms with E-state index in [1.54, 1.807) is 7.11 Å². The van der Waals surface area contributed by atoms with Crippen LogP contribution in [0.1, 0.15) is 19.8 Å². The second kappa shape index (κ2) is 7.39. The molecule has 0 radical (unpaired) electrons. The van der Waals surface area contributed by atoms with E-state index in [4.69, 9.17) is 21.1 Å². The van der Waals surface area contributed by atoms with Gasteiger partial charge in [-0.25, -0.2) is 0 Å². The molecule has 0 fully saturated rings. The molecule has 1 atom stereocenters. The highest BCUT2D eigenvalue weighted by atomic mass is 35.5. The molecule has 1 unspecified atom stereocenters. The highest BCUT2D eigenvalue weighted by Gasteiger charge is 2.06. The lowest BCUT2D eigenvalue weighted by atomic mass is 10.1. The van der Waals surface area contributed by atoms with E-state index in [-0.39, 0.29) is 0 Å². The van der Waals surface area contributed by atoms with Gasteiger partial charge in [-0.15, -0.1) is 11.6 Å². The molecule has 0 heterocycles. The van der Waals surface area contributed by atoms with Gasteiger partial charge < -0.3 is 9.47 Å². The van der Waals surface area contributed by atoms with Gasteiger partial charge in [0.2, 0.25) is 0 Å². The summed E-state index contributed by atoms with van der Waals surface area (Å²) in [4.78, 5) is 0. The van der Waals surface area contributed by atoms with Crippen LogP contribution in [0.15, 0.2) is 24.3 Å². The van der Waals surface area contributed by atoms with Crippen molar-refractivity contribution >= 4 is 11.6 Å². The Labute approximate surface area is 103 Å². The van der Waals surface area contributed by atoms with Crippen LogP contribution >= 0.6 is 11.6 Å². The summed E-state index contributed by atoms with van der Waals surface area (Å²) in [6, 6.07) is 7.69. The van der Waals surface area contributed by atoms with Gasteiger partial charge in [-0.1, -0.05) is 25.5 Å². The summed E-state index contributed by atoms with van der Waals surface area (Å²) >= 11 is 5.83. The number of halogens is 1. The highest BCUT2D eigenvalue weighted by molar-refractivity contribution is 6.18. The first kappa shape index (κ1) is 13.2. The molecule has 16 heavy (non-hydrogen) atoms. The summed E-state index contributed by atoms with van der Waals surface area (Å²) in [6.45, 7) is 2.84. The Kier molecular flexibility index (Phi) is 6.09. The van der Waals surface area contributed by atoms with Gasteiger partial charge in [-0.3, -0.25) is 0 Å². The van der Waals surface area contributed by atoms with Crippen molar-refractivity contribution in [3.05, 3.63) is 24.3 Å². The second-order valence-corrected chi connectivity index (χ2v) is 4.03. The van der Waals surface area contributed by atoms with Crippen LogP contribution in [0.25, 0.3) is 0 Å². The smallest absolute Gasteiger partial charge is 0.161 e. The summed E-state index contributed by atoms with van der Waals surface area (Å²) in [5, 5.41) is 0. The Morgan fingerprint density at radius 3 is 2.50 bits per heavy atom. The minimum atomic E-state index is 0.538. The van der Waals surface area contributed by atoms with E-state index in [2.05, 4.69) is 6.92 Å². The molecule has 0 aliphatic carbocycles. The second-order valence-electron chi connectivity index (χ2n) is 3.72. The van der Waals surface area contributed by atoms with Gasteiger partial charge in [0.25, 0.3) is 0 Å². The van der Waals surface area contributed by atoms with Crippen LogP contribution in [0.3, 0.4) is 0 Å². The summed E-state index contributed by atoms with van der Waals surface area (Å²) < 4.78 is 10.9. The molecule has 0 saturated carbocycles. The van der Waals surface area contributed by atoms with Crippen LogP contribution in [0.4, 0.5) is 0 Å². The third kappa shape index (κ3) is 3.93. The molecule has 0 bridgehead atoms. The maximum atomic E-state index is 5.83. The van der Waals surface area contributed by atoms with Crippen molar-refractivity contribution in [1.82, 2.24) is 0 Å². The maximum Gasteiger partial charge on any atom is 0.161 e. The van der Waals surface area contributed by atoms with Crippen LogP contribution in [0.5, 0.6) is 11.5 Å². The fourth-order valence-electron chi connectivity index (χ4n) is 1.46. The molecule has 1 aromatic rings. The Morgan fingerprint density at radius 1 is 1.25 bits per heavy atom. The Bertz CT molecular complexity index is 298. The largest absolute Gasteiger partial charge is 0.493 e. The van der Waals surface area contributed by atoms with Crippen molar-refractivity contribution < 1.29 is 9.47 Å². The number of rotatable bonds is 7. The van der Waals surface area contributed by atoms with Crippen LogP contribution < -0.4 is 9.47 Å². The van der Waals surface area contributed by atoms with Gasteiger partial charge in [-0.2, -0.15) is 0 Å². The van der Waals surface area contributed by atoms with Gasteiger partial charge in [0, 0.05) is 5.88 Å². The van der Waals surface area contributed by atoms with E-state index in [0.29, 0.717) is 18.4 Å². The molecule has 2 nitrogen and oxygen atoms in total. The Balaban J connectivity index is 2.42. The average molecular weight is 243 g/mol. The van der Waals surface area contributed by atoms with E-state index < -0.39 is 0 Å². The SMILES string of the molecule is CCC(CCl)CCOc1ccccc1OC. The summed E-state index contributed by atoms with van der Waals surface area (Å²) in [5.74, 6) is 2.82. The third-order valence-electron chi connectivity index (χ3n) is 2.65. The van der Waals surface area contributed by atoms with Gasteiger partial charge in [0.05, 0.1) is 13.7 Å². The number of hydrogen-bond acceptors (Lipinski definition) is 2. The van der Waals surface area contributed by atoms with Gasteiger partial charge >= 0.3 is 0 Å². The summed E-state index contributed by atoms with van der Waals surface area (Å²) in [6.07, 6.45) is 2.08. The lowest BCUT2D eigenvalue weighted by Crippen LogP contribution is -2.08. The van der Waals surface area contributed by atoms with Gasteiger partial charge in [0.1, 0.15) is 0 Å². The summed E-state index contributed by atoms with van der Waals surface area (Å²) in [5.41, 5.74) is 0. The first-order valence-corrected chi connectivity index (χ1v) is 6.17. The number of ether oxygens (including phenoxy) is 2. The molecule has 0 aliphatic heterocycles. The molecule has 0 spiro atoms. The van der Waals surface area contributed by atoms with Crippen molar-refractivity contribution in [2.24, 2.45) is 5.92 Å². The van der Waals surface area contributed by atoms with Crippen molar-refractivity contribution in [1.29, 1.82) is 0 Å². The molecule has 0 amide bonds. The molecular formula is C13H19ClO2. The molecule has 3 heteroatoms. The molecular weight excluding hydrogens is 224 g/mol. The normalized spacial score (nSPS) is 12.2. The van der Waals surface area contributed by atoms with Crippen LogP contribution in [0, 0.1) is 5.92 Å². The fraction of sp³-hybridized carbons (Fsp3) is 0.538. The fourth-order valence-corrected chi connectivity index (χ4v) is 1.84. The monoisotopic (exact) mass is 242 g/mol. The molecule has 0 N–H and O–H groups in total. The van der Waals surface area contributed by atoms with Crippen LogP contribution in [-0.2, 0) is 0 Å². The van der Waals surface area contributed by atoms with Crippen molar-refractivity contribution in [2.75, 3.05) is 19.6 Å². The molecule has 90 valence electrons. The van der Waals surface area contributed by atoms with E-state index >= 15 is 0 Å². The zero-order chi connectivity index (χ0) is 11.8. The number of methoxy groups -OCH3 is 1. The number of para-hydroxylation sites is 2. The molecule has 1 aromatic carbocycles. The minimum absolute atomic E-state index is 0.538. The van der Waals surface area contributed by atoms with Gasteiger partial charge in [0.15, 0.2) is 11.5 Å². The van der Waals surface area contributed by atoms with Crippen LogP contribution in [-0.4, -0.2) is 19.6 Å². The van der Waals surface area contributed by atoms with Crippen molar-refractivity contribution in [3.8, 4) is 11.5 Å². The lowest BCUT2D eigenvalue weighted by molar-refractivity contribution is 0.268. The first-order chi connectivity index (χ1) is 7.81. The molecule has 0 aliphatic rings. The number of benzene rings is 1. The lowest BCUT2D eigenvalue weighted by Gasteiger charge is -2.13. The Hall–Kier alpha value is -0.890. The quantitative estimate of drug-likeness (QED) is 0.679. The molecule has 0 saturated heterocycles. The number of alkyl halides is 1. The van der Waals surface area contributed by atoms with Crippen molar-refractivity contribution in [3.63, 3.8) is 0 Å². The van der Waals surface area contributed by atoms with E-state index in [1.165, 1.54) is 0 Å². The van der Waals surface area contributed by atoms with Gasteiger partial charge in [-0.05, 0) is 24.5 Å². The topological polar surface area (TPSA) is 18.5 Å².